The van der Waals surface area contributed by atoms with Crippen LogP contribution in [-0.4, -0.2) is 5.11 Å². The van der Waals surface area contributed by atoms with Crippen molar-refractivity contribution < 1.29 is 22.7 Å². The summed E-state index contributed by atoms with van der Waals surface area (Å²) in [5.41, 5.74) is -0.441. The van der Waals surface area contributed by atoms with Crippen LogP contribution in [-0.2, 0) is 0 Å². The van der Waals surface area contributed by atoms with Crippen molar-refractivity contribution in [3.8, 4) is 16.9 Å². The van der Waals surface area contributed by atoms with Crippen LogP contribution in [0.15, 0.2) is 30.3 Å². The molecule has 0 amide bonds. The number of hydrogen-bond acceptors (Lipinski definition) is 1. The molecule has 17 heavy (non-hydrogen) atoms. The summed E-state index contributed by atoms with van der Waals surface area (Å²) in [7, 11) is 0. The molecule has 0 fully saturated rings. The quantitative estimate of drug-likeness (QED) is 0.598. The molecule has 1 nitrogen and oxygen atoms in total. The second-order valence-corrected chi connectivity index (χ2v) is 3.38. The minimum Gasteiger partial charge on any atom is -0.507 e. The first-order valence-electron chi connectivity index (χ1n) is 4.63. The minimum atomic E-state index is -1.63. The summed E-state index contributed by atoms with van der Waals surface area (Å²) in [5, 5.41) is 9.41. The fourth-order valence-corrected chi connectivity index (χ4v) is 1.47. The van der Waals surface area contributed by atoms with E-state index in [-0.39, 0.29) is 11.1 Å². The predicted molar refractivity (Wildman–Crippen MR) is 53.4 cm³/mol. The number of benzene rings is 2. The highest BCUT2D eigenvalue weighted by Gasteiger charge is 2.16. The van der Waals surface area contributed by atoms with E-state index >= 15 is 0 Å². The summed E-state index contributed by atoms with van der Waals surface area (Å²) in [6.45, 7) is 0. The van der Waals surface area contributed by atoms with Crippen molar-refractivity contribution in [2.45, 2.75) is 0 Å². The lowest BCUT2D eigenvalue weighted by Crippen LogP contribution is -1.94. The summed E-state index contributed by atoms with van der Waals surface area (Å²) >= 11 is 0. The van der Waals surface area contributed by atoms with Crippen LogP contribution in [0.4, 0.5) is 17.6 Å². The van der Waals surface area contributed by atoms with Crippen molar-refractivity contribution in [3.63, 3.8) is 0 Å². The van der Waals surface area contributed by atoms with E-state index in [2.05, 4.69) is 0 Å². The van der Waals surface area contributed by atoms with Gasteiger partial charge in [0.05, 0.1) is 0 Å². The SMILES string of the molecule is Oc1cc(F)ccc1-c1ccc(F)c(F)c1F. The summed E-state index contributed by atoms with van der Waals surface area (Å²) in [6.07, 6.45) is 0. The Morgan fingerprint density at radius 2 is 1.41 bits per heavy atom. The van der Waals surface area contributed by atoms with Crippen molar-refractivity contribution >= 4 is 0 Å². The molecule has 0 unspecified atom stereocenters. The third-order valence-electron chi connectivity index (χ3n) is 2.29. The second kappa shape index (κ2) is 4.08. The normalized spacial score (nSPS) is 10.6. The molecule has 2 aromatic carbocycles. The van der Waals surface area contributed by atoms with Gasteiger partial charge < -0.3 is 5.11 Å². The van der Waals surface area contributed by atoms with Crippen LogP contribution >= 0.6 is 0 Å². The highest BCUT2D eigenvalue weighted by Crippen LogP contribution is 2.32. The van der Waals surface area contributed by atoms with E-state index < -0.39 is 29.0 Å². The first-order valence-corrected chi connectivity index (χ1v) is 4.63. The van der Waals surface area contributed by atoms with E-state index in [1.54, 1.807) is 0 Å². The monoisotopic (exact) mass is 242 g/mol. The van der Waals surface area contributed by atoms with Gasteiger partial charge in [-0.2, -0.15) is 0 Å². The summed E-state index contributed by atoms with van der Waals surface area (Å²) < 4.78 is 51.8. The fourth-order valence-electron chi connectivity index (χ4n) is 1.47. The first-order chi connectivity index (χ1) is 8.00. The van der Waals surface area contributed by atoms with Gasteiger partial charge in [-0.15, -0.1) is 0 Å². The molecule has 0 saturated heterocycles. The van der Waals surface area contributed by atoms with Crippen molar-refractivity contribution in [3.05, 3.63) is 53.6 Å². The standard InChI is InChI=1S/C12H6F4O/c13-6-1-2-7(10(17)5-6)8-3-4-9(14)12(16)11(8)15/h1-5,17H. The summed E-state index contributed by atoms with van der Waals surface area (Å²) in [4.78, 5) is 0. The lowest BCUT2D eigenvalue weighted by atomic mass is 10.0. The van der Waals surface area contributed by atoms with Crippen molar-refractivity contribution in [2.75, 3.05) is 0 Å². The van der Waals surface area contributed by atoms with Crippen molar-refractivity contribution in [1.82, 2.24) is 0 Å². The van der Waals surface area contributed by atoms with E-state index in [9.17, 15) is 22.7 Å². The summed E-state index contributed by atoms with van der Waals surface area (Å²) in [6, 6.07) is 4.53. The van der Waals surface area contributed by atoms with Gasteiger partial charge in [0.1, 0.15) is 11.6 Å². The molecule has 0 saturated carbocycles. The fraction of sp³-hybridized carbons (Fsp3) is 0. The van der Waals surface area contributed by atoms with Gasteiger partial charge in [-0.1, -0.05) is 0 Å². The van der Waals surface area contributed by atoms with Gasteiger partial charge in [-0.25, -0.2) is 17.6 Å². The maximum absolute atomic E-state index is 13.4. The molecule has 0 aliphatic rings. The van der Waals surface area contributed by atoms with Crippen LogP contribution in [0.2, 0.25) is 0 Å². The number of halogens is 4. The Labute approximate surface area is 93.9 Å². The number of rotatable bonds is 1. The molecule has 0 aromatic heterocycles. The van der Waals surface area contributed by atoms with E-state index in [1.807, 2.05) is 0 Å². The number of phenolic OH excluding ortho intramolecular Hbond substituents is 1. The molecule has 0 radical (unpaired) electrons. The van der Waals surface area contributed by atoms with Crippen LogP contribution in [0, 0.1) is 23.3 Å². The number of aromatic hydroxyl groups is 1. The Morgan fingerprint density at radius 1 is 0.765 bits per heavy atom. The van der Waals surface area contributed by atoms with Crippen molar-refractivity contribution in [2.24, 2.45) is 0 Å². The Balaban J connectivity index is 2.65. The van der Waals surface area contributed by atoms with Gasteiger partial charge in [0.25, 0.3) is 0 Å². The Bertz CT molecular complexity index is 581. The van der Waals surface area contributed by atoms with E-state index in [0.717, 1.165) is 30.3 Å². The lowest BCUT2D eigenvalue weighted by molar-refractivity contribution is 0.447. The van der Waals surface area contributed by atoms with Crippen LogP contribution in [0.25, 0.3) is 11.1 Å². The van der Waals surface area contributed by atoms with E-state index in [1.165, 1.54) is 0 Å². The van der Waals surface area contributed by atoms with Gasteiger partial charge in [0, 0.05) is 17.2 Å². The Kier molecular flexibility index (Phi) is 2.75. The predicted octanol–water partition coefficient (Wildman–Crippen LogP) is 3.62. The van der Waals surface area contributed by atoms with Crippen LogP contribution in [0.3, 0.4) is 0 Å². The number of phenols is 1. The largest absolute Gasteiger partial charge is 0.507 e. The number of hydrogen-bond donors (Lipinski definition) is 1. The molecule has 1 N–H and O–H groups in total. The van der Waals surface area contributed by atoms with Gasteiger partial charge in [-0.3, -0.25) is 0 Å². The van der Waals surface area contributed by atoms with Gasteiger partial charge in [-0.05, 0) is 24.3 Å². The molecule has 0 aliphatic heterocycles. The molecular weight excluding hydrogens is 236 g/mol. The highest BCUT2D eigenvalue weighted by molar-refractivity contribution is 5.70. The van der Waals surface area contributed by atoms with Crippen LogP contribution < -0.4 is 0 Å². The molecule has 0 atom stereocenters. The van der Waals surface area contributed by atoms with Crippen LogP contribution in [0.1, 0.15) is 0 Å². The minimum absolute atomic E-state index is 0.109. The maximum Gasteiger partial charge on any atom is 0.195 e. The Morgan fingerprint density at radius 3 is 2.06 bits per heavy atom. The van der Waals surface area contributed by atoms with Gasteiger partial charge in [0.2, 0.25) is 0 Å². The molecule has 2 aromatic rings. The molecule has 0 spiro atoms. The molecule has 0 aliphatic carbocycles. The highest BCUT2D eigenvalue weighted by atomic mass is 19.2. The lowest BCUT2D eigenvalue weighted by Gasteiger charge is -2.07. The molecule has 0 bridgehead atoms. The van der Waals surface area contributed by atoms with E-state index in [4.69, 9.17) is 0 Å². The Hall–Kier alpha value is -2.04. The zero-order valence-corrected chi connectivity index (χ0v) is 8.35. The third kappa shape index (κ3) is 1.95. The topological polar surface area (TPSA) is 20.2 Å². The first kappa shape index (κ1) is 11.4. The average Bonchev–Trinajstić information content (AvgIpc) is 2.28. The van der Waals surface area contributed by atoms with Crippen LogP contribution in [0.5, 0.6) is 5.75 Å². The molecule has 2 rings (SSSR count). The molecule has 88 valence electrons. The maximum atomic E-state index is 13.4. The van der Waals surface area contributed by atoms with Gasteiger partial charge in [0.15, 0.2) is 17.5 Å². The molecular formula is C12H6F4O. The average molecular weight is 242 g/mol. The smallest absolute Gasteiger partial charge is 0.195 e. The molecule has 5 heteroatoms. The zero-order chi connectivity index (χ0) is 12.6. The zero-order valence-electron chi connectivity index (χ0n) is 8.35. The third-order valence-corrected chi connectivity index (χ3v) is 2.29. The van der Waals surface area contributed by atoms with Gasteiger partial charge >= 0.3 is 0 Å². The second-order valence-electron chi connectivity index (χ2n) is 3.38. The molecule has 0 heterocycles. The summed E-state index contributed by atoms with van der Waals surface area (Å²) in [5.74, 6) is -5.64. The van der Waals surface area contributed by atoms with E-state index in [0.29, 0.717) is 0 Å². The van der Waals surface area contributed by atoms with Crippen molar-refractivity contribution in [1.29, 1.82) is 0 Å².